The molecule has 1 aromatic rings. The maximum atomic E-state index is 12.6. The lowest BCUT2D eigenvalue weighted by molar-refractivity contribution is 0.159. The van der Waals surface area contributed by atoms with E-state index in [0.29, 0.717) is 14.3 Å². The third-order valence-corrected chi connectivity index (χ3v) is 5.01. The average molecular weight is 400 g/mol. The molecule has 0 amide bonds. The van der Waals surface area contributed by atoms with Gasteiger partial charge in [0.05, 0.1) is 11.4 Å². The monoisotopic (exact) mass is 400 g/mol. The highest BCUT2D eigenvalue weighted by atomic mass is 127. The predicted octanol–water partition coefficient (Wildman–Crippen LogP) is 2.36. The number of anilines is 1. The van der Waals surface area contributed by atoms with Crippen LogP contribution < -0.4 is 4.31 Å². The molecule has 0 bridgehead atoms. The number of pyridine rings is 1. The summed E-state index contributed by atoms with van der Waals surface area (Å²) >= 11 is 2.02. The summed E-state index contributed by atoms with van der Waals surface area (Å²) in [6, 6.07) is 3.37. The van der Waals surface area contributed by atoms with Crippen LogP contribution in [0.2, 0.25) is 0 Å². The minimum Gasteiger partial charge on any atom is -0.244 e. The molecule has 1 aromatic heterocycles. The van der Waals surface area contributed by atoms with Crippen LogP contribution in [0.25, 0.3) is 0 Å². The first kappa shape index (κ1) is 14.6. The van der Waals surface area contributed by atoms with E-state index >= 15 is 0 Å². The van der Waals surface area contributed by atoms with Crippen molar-refractivity contribution >= 4 is 38.4 Å². The number of hydrogen-bond acceptors (Lipinski definition) is 3. The first-order valence-electron chi connectivity index (χ1n) is 5.46. The maximum absolute atomic E-state index is 12.6. The smallest absolute Gasteiger partial charge is 0.244 e. The van der Waals surface area contributed by atoms with E-state index in [-0.39, 0.29) is 17.1 Å². The van der Waals surface area contributed by atoms with Gasteiger partial charge in [-0.2, -0.15) is 0 Å². The number of hydrogen-bond donors (Lipinski definition) is 0. The molecule has 0 atom stereocenters. The van der Waals surface area contributed by atoms with E-state index in [0.717, 1.165) is 0 Å². The Bertz CT molecular complexity index is 604. The van der Waals surface area contributed by atoms with Crippen LogP contribution in [0.4, 0.5) is 14.6 Å². The Kier molecular flexibility index (Phi) is 4.39. The fraction of sp³-hybridized carbons (Fsp3) is 0.364. The van der Waals surface area contributed by atoms with Gasteiger partial charge in [0.2, 0.25) is 0 Å². The lowest BCUT2D eigenvalue weighted by Gasteiger charge is -2.30. The minimum atomic E-state index is -3.89. The zero-order valence-corrected chi connectivity index (χ0v) is 12.7. The number of nitrogens with zero attached hydrogens (tertiary/aromatic N) is 2. The molecule has 104 valence electrons. The molecule has 8 heteroatoms. The number of allylic oxidation sites excluding steroid dienone is 2. The zero-order chi connectivity index (χ0) is 14.0. The second kappa shape index (κ2) is 5.70. The molecule has 0 aliphatic carbocycles. The summed E-state index contributed by atoms with van der Waals surface area (Å²) in [5, 5.41) is 0. The Morgan fingerprint density at radius 2 is 2.26 bits per heavy atom. The summed E-state index contributed by atoms with van der Waals surface area (Å²) in [6.45, 7) is -0.870. The van der Waals surface area contributed by atoms with Gasteiger partial charge in [0, 0.05) is 22.6 Å². The first-order valence-corrected chi connectivity index (χ1v) is 8.43. The van der Waals surface area contributed by atoms with E-state index in [1.165, 1.54) is 6.20 Å². The van der Waals surface area contributed by atoms with Gasteiger partial charge in [0.1, 0.15) is 5.82 Å². The number of rotatable bonds is 3. The summed E-state index contributed by atoms with van der Waals surface area (Å²) in [6.07, 6.45) is 0.405. The highest BCUT2D eigenvalue weighted by molar-refractivity contribution is 14.1. The summed E-state index contributed by atoms with van der Waals surface area (Å²) in [5.41, 5.74) is 0.647. The SMILES string of the molecule is O=S1(=O)/C(=C\CI)Cc2cccnc2N1CC(F)F. The van der Waals surface area contributed by atoms with Crippen LogP contribution in [0.15, 0.2) is 29.3 Å². The molecule has 2 heterocycles. The van der Waals surface area contributed by atoms with Gasteiger partial charge in [-0.15, -0.1) is 0 Å². The predicted molar refractivity (Wildman–Crippen MR) is 77.2 cm³/mol. The maximum Gasteiger partial charge on any atom is 0.261 e. The molecular weight excluding hydrogens is 389 g/mol. The summed E-state index contributed by atoms with van der Waals surface area (Å²) in [7, 11) is -3.89. The number of sulfonamides is 1. The van der Waals surface area contributed by atoms with E-state index < -0.39 is 23.0 Å². The second-order valence-corrected chi connectivity index (χ2v) is 6.71. The Balaban J connectivity index is 2.57. The van der Waals surface area contributed by atoms with Crippen molar-refractivity contribution in [3.05, 3.63) is 34.9 Å². The van der Waals surface area contributed by atoms with Crippen LogP contribution in [0.3, 0.4) is 0 Å². The van der Waals surface area contributed by atoms with Gasteiger partial charge >= 0.3 is 0 Å². The molecule has 0 saturated heterocycles. The van der Waals surface area contributed by atoms with E-state index in [1.807, 2.05) is 22.6 Å². The number of alkyl halides is 3. The molecule has 0 radical (unpaired) electrons. The fourth-order valence-corrected chi connectivity index (χ4v) is 4.35. The average Bonchev–Trinajstić information content (AvgIpc) is 2.35. The lowest BCUT2D eigenvalue weighted by Crippen LogP contribution is -2.40. The molecular formula is C11H11F2IN2O2S. The Hall–Kier alpha value is -0.770. The van der Waals surface area contributed by atoms with Gasteiger partial charge in [-0.05, 0) is 6.07 Å². The molecule has 4 nitrogen and oxygen atoms in total. The van der Waals surface area contributed by atoms with Gasteiger partial charge in [-0.1, -0.05) is 34.7 Å². The third kappa shape index (κ3) is 2.88. The van der Waals surface area contributed by atoms with Crippen LogP contribution in [-0.4, -0.2) is 30.8 Å². The first-order chi connectivity index (χ1) is 8.96. The van der Waals surface area contributed by atoms with Crippen molar-refractivity contribution in [1.82, 2.24) is 4.98 Å². The van der Waals surface area contributed by atoms with E-state index in [9.17, 15) is 17.2 Å². The van der Waals surface area contributed by atoms with Crippen LogP contribution in [0.1, 0.15) is 5.56 Å². The molecule has 0 saturated carbocycles. The number of fused-ring (bicyclic) bond motifs is 1. The van der Waals surface area contributed by atoms with Crippen molar-refractivity contribution in [2.75, 3.05) is 15.3 Å². The number of halogens is 3. The van der Waals surface area contributed by atoms with Gasteiger partial charge in [0.15, 0.2) is 0 Å². The van der Waals surface area contributed by atoms with Crippen molar-refractivity contribution in [3.8, 4) is 0 Å². The number of aromatic nitrogens is 1. The lowest BCUT2D eigenvalue weighted by atomic mass is 10.1. The molecule has 0 spiro atoms. The minimum absolute atomic E-state index is 0.105. The van der Waals surface area contributed by atoms with Crippen molar-refractivity contribution < 1.29 is 17.2 Å². The summed E-state index contributed by atoms with van der Waals surface area (Å²) in [4.78, 5) is 4.08. The molecule has 1 aliphatic rings. The fourth-order valence-electron chi connectivity index (χ4n) is 1.90. The van der Waals surface area contributed by atoms with Gasteiger partial charge in [-0.25, -0.2) is 26.5 Å². The zero-order valence-electron chi connectivity index (χ0n) is 9.76. The Morgan fingerprint density at radius 1 is 1.53 bits per heavy atom. The van der Waals surface area contributed by atoms with Crippen LogP contribution in [0, 0.1) is 0 Å². The van der Waals surface area contributed by atoms with E-state index in [1.54, 1.807) is 18.2 Å². The molecule has 2 rings (SSSR count). The molecule has 0 fully saturated rings. The molecule has 0 N–H and O–H groups in total. The van der Waals surface area contributed by atoms with Crippen molar-refractivity contribution in [2.24, 2.45) is 0 Å². The van der Waals surface area contributed by atoms with E-state index in [4.69, 9.17) is 0 Å². The molecule has 1 aliphatic heterocycles. The van der Waals surface area contributed by atoms with Crippen LogP contribution >= 0.6 is 22.6 Å². The third-order valence-electron chi connectivity index (χ3n) is 2.70. The van der Waals surface area contributed by atoms with E-state index in [2.05, 4.69) is 4.98 Å². The summed E-state index contributed by atoms with van der Waals surface area (Å²) in [5.74, 6) is 0.105. The second-order valence-electron chi connectivity index (χ2n) is 3.91. The highest BCUT2D eigenvalue weighted by Gasteiger charge is 2.36. The van der Waals surface area contributed by atoms with Crippen LogP contribution in [-0.2, 0) is 16.4 Å². The normalized spacial score (nSPS) is 19.8. The van der Waals surface area contributed by atoms with Crippen LogP contribution in [0.5, 0.6) is 0 Å². The standard InChI is InChI=1S/C11H11F2IN2O2S/c12-10(13)7-16-11-8(2-1-5-15-11)6-9(3-4-14)19(16,17)18/h1-3,5,10H,4,6-7H2/b9-3-. The molecule has 19 heavy (non-hydrogen) atoms. The van der Waals surface area contributed by atoms with Gasteiger partial charge in [0.25, 0.3) is 16.4 Å². The molecule has 0 unspecified atom stereocenters. The van der Waals surface area contributed by atoms with Crippen molar-refractivity contribution in [2.45, 2.75) is 12.8 Å². The molecule has 0 aromatic carbocycles. The Morgan fingerprint density at radius 3 is 2.89 bits per heavy atom. The van der Waals surface area contributed by atoms with Gasteiger partial charge < -0.3 is 0 Å². The van der Waals surface area contributed by atoms with Gasteiger partial charge in [-0.3, -0.25) is 0 Å². The topological polar surface area (TPSA) is 50.3 Å². The quantitative estimate of drug-likeness (QED) is 0.579. The largest absolute Gasteiger partial charge is 0.261 e. The van der Waals surface area contributed by atoms with Crippen molar-refractivity contribution in [1.29, 1.82) is 0 Å². The summed E-state index contributed by atoms with van der Waals surface area (Å²) < 4.78 is 51.0. The Labute approximate surface area is 123 Å². The van der Waals surface area contributed by atoms with Crippen molar-refractivity contribution in [3.63, 3.8) is 0 Å². The highest BCUT2D eigenvalue weighted by Crippen LogP contribution is 2.33.